The van der Waals surface area contributed by atoms with Crippen LogP contribution in [-0.2, 0) is 9.59 Å². The lowest BCUT2D eigenvalue weighted by Gasteiger charge is -2.19. The van der Waals surface area contributed by atoms with Gasteiger partial charge in [0.15, 0.2) is 0 Å². The molecule has 0 saturated carbocycles. The molecule has 158 valence electrons. The number of benzene rings is 3. The number of rotatable bonds is 7. The van der Waals surface area contributed by atoms with E-state index in [1.54, 1.807) is 11.8 Å². The third-order valence-electron chi connectivity index (χ3n) is 5.11. The van der Waals surface area contributed by atoms with Gasteiger partial charge in [-0.25, -0.2) is 0 Å². The van der Waals surface area contributed by atoms with Crippen molar-refractivity contribution in [1.82, 2.24) is 0 Å². The van der Waals surface area contributed by atoms with Gasteiger partial charge >= 0.3 is 0 Å². The van der Waals surface area contributed by atoms with Crippen molar-refractivity contribution in [3.8, 4) is 11.5 Å². The van der Waals surface area contributed by atoms with E-state index in [0.717, 1.165) is 30.1 Å². The van der Waals surface area contributed by atoms with Gasteiger partial charge in [-0.05, 0) is 67.9 Å². The Morgan fingerprint density at radius 1 is 0.935 bits per heavy atom. The van der Waals surface area contributed by atoms with E-state index in [2.05, 4.69) is 10.6 Å². The fourth-order valence-corrected chi connectivity index (χ4v) is 3.48. The van der Waals surface area contributed by atoms with Crippen LogP contribution in [0.1, 0.15) is 19.8 Å². The van der Waals surface area contributed by atoms with E-state index >= 15 is 0 Å². The minimum Gasteiger partial charge on any atom is -0.457 e. The second-order valence-corrected chi connectivity index (χ2v) is 7.49. The van der Waals surface area contributed by atoms with Gasteiger partial charge < -0.3 is 20.3 Å². The minimum atomic E-state index is -0.454. The van der Waals surface area contributed by atoms with Crippen LogP contribution in [0.25, 0.3) is 0 Å². The van der Waals surface area contributed by atoms with Crippen LogP contribution < -0.4 is 20.3 Å². The zero-order valence-electron chi connectivity index (χ0n) is 17.4. The number of ether oxygens (including phenoxy) is 1. The quantitative estimate of drug-likeness (QED) is 0.567. The first-order chi connectivity index (χ1) is 15.1. The molecule has 1 aliphatic rings. The maximum absolute atomic E-state index is 12.6. The van der Waals surface area contributed by atoms with E-state index in [1.807, 2.05) is 78.9 Å². The second kappa shape index (κ2) is 9.34. The molecule has 3 aromatic carbocycles. The lowest BCUT2D eigenvalue weighted by molar-refractivity contribution is -0.117. The van der Waals surface area contributed by atoms with Gasteiger partial charge in [0.05, 0.1) is 0 Å². The molecule has 1 aliphatic heterocycles. The lowest BCUT2D eigenvalue weighted by Crippen LogP contribution is -2.32. The Morgan fingerprint density at radius 2 is 1.68 bits per heavy atom. The molecule has 6 nitrogen and oxygen atoms in total. The van der Waals surface area contributed by atoms with Gasteiger partial charge in [0.1, 0.15) is 17.5 Å². The Morgan fingerprint density at radius 3 is 2.39 bits per heavy atom. The lowest BCUT2D eigenvalue weighted by atomic mass is 10.2. The number of carbonyl (C=O) groups is 2. The molecule has 1 fully saturated rings. The van der Waals surface area contributed by atoms with Gasteiger partial charge in [0.2, 0.25) is 11.8 Å². The van der Waals surface area contributed by atoms with Crippen LogP contribution in [-0.4, -0.2) is 24.4 Å². The highest BCUT2D eigenvalue weighted by Crippen LogP contribution is 2.25. The summed E-state index contributed by atoms with van der Waals surface area (Å²) in [5.74, 6) is 1.45. The van der Waals surface area contributed by atoms with Crippen LogP contribution in [0.3, 0.4) is 0 Å². The van der Waals surface area contributed by atoms with E-state index < -0.39 is 6.04 Å². The number of para-hydroxylation sites is 1. The average Bonchev–Trinajstić information content (AvgIpc) is 3.22. The fourth-order valence-electron chi connectivity index (χ4n) is 3.48. The van der Waals surface area contributed by atoms with Crippen LogP contribution in [0.5, 0.6) is 11.5 Å². The van der Waals surface area contributed by atoms with Crippen molar-refractivity contribution in [1.29, 1.82) is 0 Å². The Bertz CT molecular complexity index is 1050. The van der Waals surface area contributed by atoms with Crippen molar-refractivity contribution in [2.45, 2.75) is 25.8 Å². The highest BCUT2D eigenvalue weighted by atomic mass is 16.5. The smallest absolute Gasteiger partial charge is 0.246 e. The van der Waals surface area contributed by atoms with E-state index in [-0.39, 0.29) is 11.8 Å². The normalized spacial score (nSPS) is 14.2. The summed E-state index contributed by atoms with van der Waals surface area (Å²) < 4.78 is 5.77. The summed E-state index contributed by atoms with van der Waals surface area (Å²) in [6.07, 6.45) is 1.47. The summed E-state index contributed by atoms with van der Waals surface area (Å²) in [5, 5.41) is 6.12. The number of amides is 2. The Hall–Kier alpha value is -3.80. The molecule has 0 radical (unpaired) electrons. The third kappa shape index (κ3) is 5.22. The molecule has 0 bridgehead atoms. The number of hydrogen-bond acceptors (Lipinski definition) is 4. The van der Waals surface area contributed by atoms with Crippen molar-refractivity contribution in [3.63, 3.8) is 0 Å². The van der Waals surface area contributed by atoms with E-state index in [4.69, 9.17) is 4.74 Å². The van der Waals surface area contributed by atoms with Gasteiger partial charge in [0.25, 0.3) is 0 Å². The number of hydrogen-bond donors (Lipinski definition) is 2. The largest absolute Gasteiger partial charge is 0.457 e. The van der Waals surface area contributed by atoms with E-state index in [1.165, 1.54) is 0 Å². The fraction of sp³-hybridized carbons (Fsp3) is 0.200. The van der Waals surface area contributed by atoms with Gasteiger partial charge in [-0.1, -0.05) is 24.3 Å². The summed E-state index contributed by atoms with van der Waals surface area (Å²) in [7, 11) is 0. The number of nitrogens with one attached hydrogen (secondary N) is 2. The SMILES string of the molecule is C[C@@H](Nc1cccc(N2CCCC2=O)c1)C(=O)Nc1ccc(Oc2ccccc2)cc1. The van der Waals surface area contributed by atoms with Crippen LogP contribution >= 0.6 is 0 Å². The molecule has 2 amide bonds. The summed E-state index contributed by atoms with van der Waals surface area (Å²) in [6, 6.07) is 23.9. The molecular formula is C25H25N3O3. The van der Waals surface area contributed by atoms with Gasteiger partial charge in [-0.15, -0.1) is 0 Å². The molecular weight excluding hydrogens is 390 g/mol. The number of carbonyl (C=O) groups excluding carboxylic acids is 2. The molecule has 1 saturated heterocycles. The van der Waals surface area contributed by atoms with Crippen LogP contribution in [0.2, 0.25) is 0 Å². The first-order valence-electron chi connectivity index (χ1n) is 10.4. The van der Waals surface area contributed by atoms with Crippen molar-refractivity contribution >= 4 is 28.9 Å². The Labute approximate surface area is 181 Å². The maximum atomic E-state index is 12.6. The summed E-state index contributed by atoms with van der Waals surface area (Å²) in [5.41, 5.74) is 2.34. The second-order valence-electron chi connectivity index (χ2n) is 7.49. The monoisotopic (exact) mass is 415 g/mol. The predicted octanol–water partition coefficient (Wildman–Crippen LogP) is 5.04. The van der Waals surface area contributed by atoms with Crippen molar-refractivity contribution in [2.75, 3.05) is 22.1 Å². The zero-order valence-corrected chi connectivity index (χ0v) is 17.4. The standard InChI is InChI=1S/C25H25N3O3/c1-18(26-20-7-5-8-21(17-20)28-16-6-11-24(28)29)25(30)27-19-12-14-23(15-13-19)31-22-9-3-2-4-10-22/h2-5,7-10,12-15,17-18,26H,6,11,16H2,1H3,(H,27,30)/t18-/m1/s1. The van der Waals surface area contributed by atoms with Crippen molar-refractivity contribution in [2.24, 2.45) is 0 Å². The number of nitrogens with zero attached hydrogens (tertiary/aromatic N) is 1. The first kappa shape index (κ1) is 20.5. The number of anilines is 3. The summed E-state index contributed by atoms with van der Waals surface area (Å²) >= 11 is 0. The van der Waals surface area contributed by atoms with E-state index in [9.17, 15) is 9.59 Å². The molecule has 1 heterocycles. The molecule has 31 heavy (non-hydrogen) atoms. The summed E-state index contributed by atoms with van der Waals surface area (Å²) in [6.45, 7) is 2.54. The Kier molecular flexibility index (Phi) is 6.17. The minimum absolute atomic E-state index is 0.141. The van der Waals surface area contributed by atoms with Gasteiger partial charge in [-0.3, -0.25) is 9.59 Å². The molecule has 2 N–H and O–H groups in total. The third-order valence-corrected chi connectivity index (χ3v) is 5.11. The van der Waals surface area contributed by atoms with Crippen LogP contribution in [0.15, 0.2) is 78.9 Å². The molecule has 0 unspecified atom stereocenters. The summed E-state index contributed by atoms with van der Waals surface area (Å²) in [4.78, 5) is 26.4. The molecule has 0 aromatic heterocycles. The van der Waals surface area contributed by atoms with Crippen molar-refractivity contribution < 1.29 is 14.3 Å². The van der Waals surface area contributed by atoms with E-state index in [0.29, 0.717) is 17.9 Å². The van der Waals surface area contributed by atoms with Crippen LogP contribution in [0, 0.1) is 0 Å². The van der Waals surface area contributed by atoms with Crippen LogP contribution in [0.4, 0.5) is 17.1 Å². The predicted molar refractivity (Wildman–Crippen MR) is 123 cm³/mol. The Balaban J connectivity index is 1.34. The van der Waals surface area contributed by atoms with Gasteiger partial charge in [-0.2, -0.15) is 0 Å². The van der Waals surface area contributed by atoms with Crippen molar-refractivity contribution in [3.05, 3.63) is 78.9 Å². The maximum Gasteiger partial charge on any atom is 0.246 e. The molecule has 1 atom stereocenters. The van der Waals surface area contributed by atoms with Gasteiger partial charge in [0, 0.05) is 30.0 Å². The molecule has 0 aliphatic carbocycles. The molecule has 4 rings (SSSR count). The highest BCUT2D eigenvalue weighted by molar-refractivity contribution is 5.97. The molecule has 6 heteroatoms. The highest BCUT2D eigenvalue weighted by Gasteiger charge is 2.22. The molecule has 3 aromatic rings. The average molecular weight is 415 g/mol. The first-order valence-corrected chi connectivity index (χ1v) is 10.4. The molecule has 0 spiro atoms. The zero-order chi connectivity index (χ0) is 21.6. The topological polar surface area (TPSA) is 70.7 Å².